The molecule has 0 aliphatic heterocycles. The predicted octanol–water partition coefficient (Wildman–Crippen LogP) is 3.46. The van der Waals surface area contributed by atoms with Crippen molar-refractivity contribution in [2.45, 2.75) is 24.3 Å². The van der Waals surface area contributed by atoms with E-state index in [1.807, 2.05) is 12.1 Å². The van der Waals surface area contributed by atoms with Gasteiger partial charge in [-0.05, 0) is 48.9 Å². The predicted molar refractivity (Wildman–Crippen MR) is 118 cm³/mol. The molecule has 0 aliphatic rings. The molecule has 0 saturated carbocycles. The summed E-state index contributed by atoms with van der Waals surface area (Å²) in [6.07, 6.45) is -0.0217. The molecule has 164 valence electrons. The standard InChI is InChI=1S/C20H18BrFN2O5S2/c1-29-19(26)12-24-16-9-4-13(21)11-17(16)30-20(24)23-18(25)3-2-10-31(27,28)15-7-5-14(22)6-8-15/h4-9,11H,2-3,10,12H2,1H3. The van der Waals surface area contributed by atoms with E-state index in [0.717, 1.165) is 26.8 Å². The van der Waals surface area contributed by atoms with E-state index < -0.39 is 27.5 Å². The van der Waals surface area contributed by atoms with Crippen LogP contribution in [0.5, 0.6) is 0 Å². The first-order valence-corrected chi connectivity index (χ1v) is 12.4. The Morgan fingerprint density at radius 3 is 2.58 bits per heavy atom. The molecule has 1 aromatic heterocycles. The molecule has 1 amide bonds. The largest absolute Gasteiger partial charge is 0.468 e. The Hall–Kier alpha value is -2.37. The summed E-state index contributed by atoms with van der Waals surface area (Å²) in [5, 5.41) is 0. The number of hydrogen-bond donors (Lipinski definition) is 0. The second kappa shape index (κ2) is 9.84. The van der Waals surface area contributed by atoms with Gasteiger partial charge in [-0.15, -0.1) is 0 Å². The number of amides is 1. The number of hydrogen-bond acceptors (Lipinski definition) is 6. The molecule has 0 aliphatic carbocycles. The highest BCUT2D eigenvalue weighted by Gasteiger charge is 2.16. The van der Waals surface area contributed by atoms with Crippen LogP contribution in [0.2, 0.25) is 0 Å². The molecule has 0 unspecified atom stereocenters. The van der Waals surface area contributed by atoms with Gasteiger partial charge in [0.25, 0.3) is 0 Å². The first-order valence-electron chi connectivity index (χ1n) is 9.11. The lowest BCUT2D eigenvalue weighted by Crippen LogP contribution is -2.22. The van der Waals surface area contributed by atoms with Gasteiger partial charge in [0, 0.05) is 10.9 Å². The SMILES string of the molecule is COC(=O)Cn1c(=NC(=O)CCCS(=O)(=O)c2ccc(F)cc2)sc2cc(Br)ccc21. The second-order valence-electron chi connectivity index (χ2n) is 6.54. The number of fused-ring (bicyclic) bond motifs is 1. The van der Waals surface area contributed by atoms with Gasteiger partial charge >= 0.3 is 5.97 Å². The molecule has 2 aromatic carbocycles. The van der Waals surface area contributed by atoms with E-state index in [1.165, 1.54) is 30.6 Å². The van der Waals surface area contributed by atoms with Gasteiger partial charge in [-0.3, -0.25) is 9.59 Å². The summed E-state index contributed by atoms with van der Waals surface area (Å²) in [5.41, 5.74) is 0.726. The number of carbonyl (C=O) groups is 2. The first-order chi connectivity index (χ1) is 14.7. The summed E-state index contributed by atoms with van der Waals surface area (Å²) in [6.45, 7) is -0.108. The number of carbonyl (C=O) groups excluding carboxylic acids is 2. The van der Waals surface area contributed by atoms with Crippen molar-refractivity contribution >= 4 is 59.2 Å². The molecular formula is C20H18BrFN2O5S2. The van der Waals surface area contributed by atoms with Crippen LogP contribution < -0.4 is 4.80 Å². The fourth-order valence-corrected chi connectivity index (χ4v) is 5.72. The highest BCUT2D eigenvalue weighted by Crippen LogP contribution is 2.22. The fourth-order valence-electron chi connectivity index (χ4n) is 2.81. The van der Waals surface area contributed by atoms with E-state index in [4.69, 9.17) is 4.74 Å². The number of benzene rings is 2. The highest BCUT2D eigenvalue weighted by atomic mass is 79.9. The van der Waals surface area contributed by atoms with Crippen LogP contribution in [0.3, 0.4) is 0 Å². The summed E-state index contributed by atoms with van der Waals surface area (Å²) >= 11 is 4.63. The number of rotatable bonds is 7. The zero-order chi connectivity index (χ0) is 22.6. The maximum atomic E-state index is 13.0. The van der Waals surface area contributed by atoms with Crippen molar-refractivity contribution in [1.82, 2.24) is 4.57 Å². The summed E-state index contributed by atoms with van der Waals surface area (Å²) in [6, 6.07) is 10.0. The molecule has 11 heteroatoms. The minimum absolute atomic E-state index is 0.00397. The third-order valence-electron chi connectivity index (χ3n) is 4.36. The van der Waals surface area contributed by atoms with Gasteiger partial charge in [0.05, 0.1) is 28.0 Å². The molecule has 3 aromatic rings. The molecular weight excluding hydrogens is 511 g/mol. The van der Waals surface area contributed by atoms with Gasteiger partial charge in [0.2, 0.25) is 5.91 Å². The summed E-state index contributed by atoms with van der Waals surface area (Å²) < 4.78 is 45.6. The molecule has 0 N–H and O–H groups in total. The van der Waals surface area contributed by atoms with Crippen molar-refractivity contribution in [2.24, 2.45) is 4.99 Å². The second-order valence-corrected chi connectivity index (χ2v) is 10.6. The summed E-state index contributed by atoms with van der Waals surface area (Å²) in [5.74, 6) is -1.77. The Balaban J connectivity index is 1.78. The number of esters is 1. The van der Waals surface area contributed by atoms with E-state index in [-0.39, 0.29) is 30.0 Å². The molecule has 3 rings (SSSR count). The van der Waals surface area contributed by atoms with Crippen LogP contribution in [0.4, 0.5) is 4.39 Å². The number of halogens is 2. The average Bonchev–Trinajstić information content (AvgIpc) is 3.03. The Morgan fingerprint density at radius 1 is 1.19 bits per heavy atom. The van der Waals surface area contributed by atoms with E-state index in [0.29, 0.717) is 4.80 Å². The van der Waals surface area contributed by atoms with Gasteiger partial charge < -0.3 is 9.30 Å². The molecule has 0 spiro atoms. The van der Waals surface area contributed by atoms with Crippen LogP contribution in [0, 0.1) is 5.82 Å². The third kappa shape index (κ3) is 5.86. The zero-order valence-electron chi connectivity index (χ0n) is 16.4. The van der Waals surface area contributed by atoms with Gasteiger partial charge in [-0.2, -0.15) is 4.99 Å². The summed E-state index contributed by atoms with van der Waals surface area (Å²) in [7, 11) is -2.35. The number of aromatic nitrogens is 1. The van der Waals surface area contributed by atoms with Gasteiger partial charge in [-0.25, -0.2) is 12.8 Å². The van der Waals surface area contributed by atoms with E-state index >= 15 is 0 Å². The topological polar surface area (TPSA) is 94.8 Å². The molecule has 7 nitrogen and oxygen atoms in total. The molecule has 0 saturated heterocycles. The third-order valence-corrected chi connectivity index (χ3v) is 7.71. The molecule has 1 heterocycles. The quantitative estimate of drug-likeness (QED) is 0.345. The monoisotopic (exact) mass is 528 g/mol. The minimum atomic E-state index is -3.63. The van der Waals surface area contributed by atoms with Crippen LogP contribution in [0.15, 0.2) is 56.8 Å². The van der Waals surface area contributed by atoms with Crippen molar-refractivity contribution in [3.05, 3.63) is 57.6 Å². The number of methoxy groups -OCH3 is 1. The van der Waals surface area contributed by atoms with E-state index in [2.05, 4.69) is 20.9 Å². The fraction of sp³-hybridized carbons (Fsp3) is 0.250. The highest BCUT2D eigenvalue weighted by molar-refractivity contribution is 9.10. The lowest BCUT2D eigenvalue weighted by atomic mass is 10.3. The number of nitrogens with zero attached hydrogens (tertiary/aromatic N) is 2. The number of ether oxygens (including phenoxy) is 1. The first kappa shape index (κ1) is 23.3. The average molecular weight is 529 g/mol. The normalized spacial score (nSPS) is 12.3. The molecule has 31 heavy (non-hydrogen) atoms. The lowest BCUT2D eigenvalue weighted by molar-refractivity contribution is -0.141. The Labute approximate surface area is 190 Å². The van der Waals surface area contributed by atoms with Crippen LogP contribution >= 0.6 is 27.3 Å². The molecule has 0 atom stereocenters. The van der Waals surface area contributed by atoms with Crippen LogP contribution in [0.25, 0.3) is 10.2 Å². The van der Waals surface area contributed by atoms with Crippen LogP contribution in [0.1, 0.15) is 12.8 Å². The lowest BCUT2D eigenvalue weighted by Gasteiger charge is -2.04. The zero-order valence-corrected chi connectivity index (χ0v) is 19.6. The van der Waals surface area contributed by atoms with Gasteiger partial charge in [0.1, 0.15) is 12.4 Å². The Morgan fingerprint density at radius 2 is 1.90 bits per heavy atom. The van der Waals surface area contributed by atoms with Crippen molar-refractivity contribution in [1.29, 1.82) is 0 Å². The van der Waals surface area contributed by atoms with Crippen molar-refractivity contribution in [2.75, 3.05) is 12.9 Å². The molecule has 0 bridgehead atoms. The summed E-state index contributed by atoms with van der Waals surface area (Å²) in [4.78, 5) is 28.6. The van der Waals surface area contributed by atoms with Crippen molar-refractivity contribution < 1.29 is 27.1 Å². The Bertz CT molecular complexity index is 1300. The minimum Gasteiger partial charge on any atom is -0.468 e. The van der Waals surface area contributed by atoms with Crippen molar-refractivity contribution in [3.8, 4) is 0 Å². The Kier molecular flexibility index (Phi) is 7.39. The molecule has 0 radical (unpaired) electrons. The maximum absolute atomic E-state index is 13.0. The van der Waals surface area contributed by atoms with Gasteiger partial charge in [0.15, 0.2) is 14.6 Å². The van der Waals surface area contributed by atoms with E-state index in [9.17, 15) is 22.4 Å². The van der Waals surface area contributed by atoms with Crippen LogP contribution in [-0.2, 0) is 30.7 Å². The number of sulfone groups is 1. The maximum Gasteiger partial charge on any atom is 0.325 e. The van der Waals surface area contributed by atoms with E-state index in [1.54, 1.807) is 10.6 Å². The van der Waals surface area contributed by atoms with Crippen molar-refractivity contribution in [3.63, 3.8) is 0 Å². The van der Waals surface area contributed by atoms with Crippen LogP contribution in [-0.4, -0.2) is 37.7 Å². The number of thiazole rings is 1. The molecule has 0 fully saturated rings. The smallest absolute Gasteiger partial charge is 0.325 e. The van der Waals surface area contributed by atoms with Gasteiger partial charge in [-0.1, -0.05) is 27.3 Å².